The number of rotatable bonds is 3. The molecule has 18 heavy (non-hydrogen) atoms. The second-order valence-electron chi connectivity index (χ2n) is 3.97. The number of hydrogen-bond acceptors (Lipinski definition) is 4. The molecular formula is C12H14N2O3S. The first kappa shape index (κ1) is 12.8. The van der Waals surface area contributed by atoms with Gasteiger partial charge < -0.3 is 0 Å². The van der Waals surface area contributed by atoms with E-state index >= 15 is 0 Å². The molecule has 0 atom stereocenters. The fourth-order valence-electron chi connectivity index (χ4n) is 2.08. The first-order chi connectivity index (χ1) is 8.56. The van der Waals surface area contributed by atoms with Crippen molar-refractivity contribution in [3.8, 4) is 0 Å². The Balaban J connectivity index is 3.12. The quantitative estimate of drug-likeness (QED) is 0.789. The van der Waals surface area contributed by atoms with Crippen LogP contribution in [0.15, 0.2) is 9.59 Å². The van der Waals surface area contributed by atoms with E-state index in [-0.39, 0.29) is 11.2 Å². The van der Waals surface area contributed by atoms with Crippen molar-refractivity contribution in [3.63, 3.8) is 0 Å². The molecule has 5 nitrogen and oxygen atoms in total. The smallest absolute Gasteiger partial charge is 0.297 e. The van der Waals surface area contributed by atoms with Crippen LogP contribution in [0.2, 0.25) is 0 Å². The Hall–Kier alpha value is -1.69. The van der Waals surface area contributed by atoms with Crippen molar-refractivity contribution in [2.75, 3.05) is 0 Å². The lowest BCUT2D eigenvalue weighted by Crippen LogP contribution is -2.39. The molecule has 96 valence electrons. The van der Waals surface area contributed by atoms with Crippen LogP contribution in [-0.4, -0.2) is 15.4 Å². The van der Waals surface area contributed by atoms with E-state index in [1.165, 1.54) is 15.9 Å². The predicted molar refractivity (Wildman–Crippen MR) is 71.8 cm³/mol. The number of aldehydes is 1. The van der Waals surface area contributed by atoms with Crippen LogP contribution < -0.4 is 11.2 Å². The number of nitrogens with zero attached hydrogens (tertiary/aromatic N) is 2. The summed E-state index contributed by atoms with van der Waals surface area (Å²) in [6, 6.07) is 0. The molecular weight excluding hydrogens is 252 g/mol. The van der Waals surface area contributed by atoms with Gasteiger partial charge in [-0.2, -0.15) is 0 Å². The molecule has 2 aromatic heterocycles. The Bertz CT molecular complexity index is 736. The molecule has 2 aromatic rings. The Labute approximate surface area is 107 Å². The van der Waals surface area contributed by atoms with Crippen LogP contribution in [0.25, 0.3) is 10.2 Å². The van der Waals surface area contributed by atoms with Crippen molar-refractivity contribution in [2.45, 2.75) is 33.9 Å². The summed E-state index contributed by atoms with van der Waals surface area (Å²) in [7, 11) is 0. The van der Waals surface area contributed by atoms with Gasteiger partial charge in [0.1, 0.15) is 4.83 Å². The summed E-state index contributed by atoms with van der Waals surface area (Å²) >= 11 is 1.20. The van der Waals surface area contributed by atoms with Crippen LogP contribution in [0.5, 0.6) is 0 Å². The number of thiophene rings is 1. The van der Waals surface area contributed by atoms with Gasteiger partial charge in [0, 0.05) is 13.1 Å². The molecule has 0 saturated carbocycles. The molecule has 0 bridgehead atoms. The van der Waals surface area contributed by atoms with E-state index in [1.807, 2.05) is 6.92 Å². The van der Waals surface area contributed by atoms with Crippen molar-refractivity contribution >= 4 is 27.8 Å². The van der Waals surface area contributed by atoms with Crippen molar-refractivity contribution in [2.24, 2.45) is 0 Å². The van der Waals surface area contributed by atoms with Gasteiger partial charge in [0.05, 0.1) is 10.3 Å². The highest BCUT2D eigenvalue weighted by Crippen LogP contribution is 2.26. The minimum Gasteiger partial charge on any atom is -0.297 e. The van der Waals surface area contributed by atoms with Crippen LogP contribution in [0.1, 0.15) is 29.1 Å². The van der Waals surface area contributed by atoms with Gasteiger partial charge in [-0.15, -0.1) is 11.3 Å². The molecule has 2 heterocycles. The van der Waals surface area contributed by atoms with Crippen molar-refractivity contribution in [1.29, 1.82) is 0 Å². The summed E-state index contributed by atoms with van der Waals surface area (Å²) in [5, 5.41) is 0.491. The molecule has 0 amide bonds. The third kappa shape index (κ3) is 1.56. The SMILES string of the molecule is CCn1c(=O)c2c(C)c(C=O)sc2n(CC)c1=O. The molecule has 0 radical (unpaired) electrons. The van der Waals surface area contributed by atoms with Crippen LogP contribution in [0.4, 0.5) is 0 Å². The monoisotopic (exact) mass is 266 g/mol. The second-order valence-corrected chi connectivity index (χ2v) is 5.00. The van der Waals surface area contributed by atoms with E-state index in [1.54, 1.807) is 18.4 Å². The lowest BCUT2D eigenvalue weighted by molar-refractivity contribution is 0.112. The second kappa shape index (κ2) is 4.53. The third-order valence-corrected chi connectivity index (χ3v) is 4.31. The zero-order valence-electron chi connectivity index (χ0n) is 10.5. The van der Waals surface area contributed by atoms with Gasteiger partial charge in [-0.05, 0) is 26.3 Å². The molecule has 0 N–H and O–H groups in total. The number of aromatic nitrogens is 2. The molecule has 0 aromatic carbocycles. The highest BCUT2D eigenvalue weighted by molar-refractivity contribution is 7.20. The lowest BCUT2D eigenvalue weighted by Gasteiger charge is -2.08. The molecule has 6 heteroatoms. The number of hydrogen-bond donors (Lipinski definition) is 0. The Kier molecular flexibility index (Phi) is 3.21. The number of carbonyl (C=O) groups excluding carboxylic acids is 1. The third-order valence-electron chi connectivity index (χ3n) is 3.07. The van der Waals surface area contributed by atoms with Gasteiger partial charge in [-0.3, -0.25) is 18.7 Å². The number of carbonyl (C=O) groups is 1. The maximum absolute atomic E-state index is 12.2. The topological polar surface area (TPSA) is 61.1 Å². The van der Waals surface area contributed by atoms with E-state index in [0.717, 1.165) is 6.29 Å². The van der Waals surface area contributed by atoms with Crippen molar-refractivity contribution < 1.29 is 4.79 Å². The van der Waals surface area contributed by atoms with E-state index in [2.05, 4.69) is 0 Å². The normalized spacial score (nSPS) is 11.1. The lowest BCUT2D eigenvalue weighted by atomic mass is 10.2. The number of aryl methyl sites for hydroxylation is 2. The summed E-state index contributed by atoms with van der Waals surface area (Å²) in [6.45, 7) is 6.17. The highest BCUT2D eigenvalue weighted by atomic mass is 32.1. The molecule has 2 rings (SSSR count). The average molecular weight is 266 g/mol. The van der Waals surface area contributed by atoms with Gasteiger partial charge in [-0.25, -0.2) is 4.79 Å². The van der Waals surface area contributed by atoms with E-state index in [4.69, 9.17) is 0 Å². The summed E-state index contributed by atoms with van der Waals surface area (Å²) in [5.41, 5.74) is 0.0552. The maximum atomic E-state index is 12.2. The Morgan fingerprint density at radius 2 is 1.78 bits per heavy atom. The van der Waals surface area contributed by atoms with Crippen molar-refractivity contribution in [3.05, 3.63) is 31.3 Å². The zero-order valence-corrected chi connectivity index (χ0v) is 11.3. The first-order valence-electron chi connectivity index (χ1n) is 5.78. The fourth-order valence-corrected chi connectivity index (χ4v) is 3.25. The molecule has 0 aliphatic carbocycles. The molecule has 0 aliphatic rings. The largest absolute Gasteiger partial charge is 0.332 e. The minimum atomic E-state index is -0.309. The molecule has 0 spiro atoms. The summed E-state index contributed by atoms with van der Waals surface area (Å²) in [5.74, 6) is 0. The van der Waals surface area contributed by atoms with Gasteiger partial charge in [0.15, 0.2) is 6.29 Å². The predicted octanol–water partition coefficient (Wildman–Crippen LogP) is 1.39. The summed E-state index contributed by atoms with van der Waals surface area (Å²) < 4.78 is 2.75. The van der Waals surface area contributed by atoms with E-state index < -0.39 is 0 Å². The standard InChI is InChI=1S/C12H14N2O3S/c1-4-13-10(16)9-7(3)8(6-15)18-11(9)14(5-2)12(13)17/h6H,4-5H2,1-3H3. The van der Waals surface area contributed by atoms with Crippen LogP contribution in [-0.2, 0) is 13.1 Å². The summed E-state index contributed by atoms with van der Waals surface area (Å²) in [4.78, 5) is 36.4. The average Bonchev–Trinajstić information content (AvgIpc) is 2.68. The van der Waals surface area contributed by atoms with E-state index in [0.29, 0.717) is 33.7 Å². The number of fused-ring (bicyclic) bond motifs is 1. The first-order valence-corrected chi connectivity index (χ1v) is 6.60. The Morgan fingerprint density at radius 1 is 1.17 bits per heavy atom. The van der Waals surface area contributed by atoms with Crippen molar-refractivity contribution in [1.82, 2.24) is 9.13 Å². The van der Waals surface area contributed by atoms with Gasteiger partial charge >= 0.3 is 5.69 Å². The van der Waals surface area contributed by atoms with Crippen LogP contribution in [0.3, 0.4) is 0 Å². The van der Waals surface area contributed by atoms with Gasteiger partial charge in [0.25, 0.3) is 5.56 Å². The molecule has 0 saturated heterocycles. The molecule has 0 aliphatic heterocycles. The highest BCUT2D eigenvalue weighted by Gasteiger charge is 2.18. The maximum Gasteiger partial charge on any atom is 0.332 e. The Morgan fingerprint density at radius 3 is 2.28 bits per heavy atom. The minimum absolute atomic E-state index is 0.302. The zero-order chi connectivity index (χ0) is 13.4. The van der Waals surface area contributed by atoms with Crippen LogP contribution >= 0.6 is 11.3 Å². The van der Waals surface area contributed by atoms with Crippen LogP contribution in [0, 0.1) is 6.92 Å². The molecule has 0 unspecified atom stereocenters. The van der Waals surface area contributed by atoms with E-state index in [9.17, 15) is 14.4 Å². The van der Waals surface area contributed by atoms with Gasteiger partial charge in [-0.1, -0.05) is 0 Å². The van der Waals surface area contributed by atoms with Gasteiger partial charge in [0.2, 0.25) is 0 Å². The molecule has 0 fully saturated rings. The fraction of sp³-hybridized carbons (Fsp3) is 0.417. The summed E-state index contributed by atoms with van der Waals surface area (Å²) in [6.07, 6.45) is 0.736.